The number of hydrogen-bond donors (Lipinski definition) is 1. The van der Waals surface area contributed by atoms with Crippen molar-refractivity contribution in [3.8, 4) is 0 Å². The van der Waals surface area contributed by atoms with E-state index in [1.54, 1.807) is 22.7 Å². The lowest BCUT2D eigenvalue weighted by atomic mass is 10.1. The fourth-order valence-electron chi connectivity index (χ4n) is 1.45. The molecule has 0 amide bonds. The number of thiazole rings is 1. The van der Waals surface area contributed by atoms with Crippen LogP contribution in [0.2, 0.25) is 0 Å². The van der Waals surface area contributed by atoms with Gasteiger partial charge >= 0.3 is 0 Å². The molecule has 0 aliphatic rings. The Labute approximate surface area is 97.8 Å². The first-order valence-electron chi connectivity index (χ1n) is 4.94. The molecule has 0 aliphatic carbocycles. The highest BCUT2D eigenvalue weighted by atomic mass is 32.1. The van der Waals surface area contributed by atoms with Gasteiger partial charge in [-0.25, -0.2) is 4.98 Å². The minimum absolute atomic E-state index is 0.135. The maximum atomic E-state index is 6.10. The highest BCUT2D eigenvalue weighted by molar-refractivity contribution is 7.11. The van der Waals surface area contributed by atoms with Gasteiger partial charge in [-0.15, -0.1) is 11.3 Å². The van der Waals surface area contributed by atoms with Gasteiger partial charge in [-0.05, 0) is 42.2 Å². The van der Waals surface area contributed by atoms with E-state index in [1.807, 2.05) is 13.1 Å². The molecule has 2 N–H and O–H groups in total. The second-order valence-electron chi connectivity index (χ2n) is 3.56. The van der Waals surface area contributed by atoms with Crippen LogP contribution < -0.4 is 5.73 Å². The summed E-state index contributed by atoms with van der Waals surface area (Å²) in [5.74, 6) is 0. The second-order valence-corrected chi connectivity index (χ2v) is 5.60. The van der Waals surface area contributed by atoms with Gasteiger partial charge in [0.2, 0.25) is 0 Å². The van der Waals surface area contributed by atoms with Crippen LogP contribution in [-0.4, -0.2) is 4.98 Å². The lowest BCUT2D eigenvalue weighted by Gasteiger charge is -2.07. The molecule has 2 nitrogen and oxygen atoms in total. The average molecular weight is 238 g/mol. The molecular weight excluding hydrogens is 224 g/mol. The van der Waals surface area contributed by atoms with Crippen molar-refractivity contribution in [3.05, 3.63) is 38.5 Å². The van der Waals surface area contributed by atoms with E-state index in [0.29, 0.717) is 0 Å². The van der Waals surface area contributed by atoms with E-state index in [2.05, 4.69) is 21.8 Å². The van der Waals surface area contributed by atoms with E-state index in [9.17, 15) is 0 Å². The van der Waals surface area contributed by atoms with Gasteiger partial charge < -0.3 is 5.73 Å². The van der Waals surface area contributed by atoms with E-state index < -0.39 is 0 Å². The van der Waals surface area contributed by atoms with Gasteiger partial charge in [0.15, 0.2) is 0 Å². The van der Waals surface area contributed by atoms with Crippen molar-refractivity contribution in [1.82, 2.24) is 4.98 Å². The Balaban J connectivity index is 1.90. The molecule has 0 spiro atoms. The van der Waals surface area contributed by atoms with Crippen molar-refractivity contribution in [2.45, 2.75) is 25.8 Å². The zero-order valence-electron chi connectivity index (χ0n) is 8.64. The molecule has 2 rings (SSSR count). The molecule has 0 radical (unpaired) electrons. The van der Waals surface area contributed by atoms with Crippen molar-refractivity contribution >= 4 is 22.7 Å². The fraction of sp³-hybridized carbons (Fsp3) is 0.364. The highest BCUT2D eigenvalue weighted by Crippen LogP contribution is 2.22. The third kappa shape index (κ3) is 2.87. The first kappa shape index (κ1) is 10.8. The van der Waals surface area contributed by atoms with E-state index in [0.717, 1.165) is 17.8 Å². The Bertz CT molecular complexity index is 406. The number of rotatable bonds is 4. The maximum absolute atomic E-state index is 6.10. The molecule has 0 bridgehead atoms. The van der Waals surface area contributed by atoms with Gasteiger partial charge in [-0.2, -0.15) is 11.3 Å². The van der Waals surface area contributed by atoms with Gasteiger partial charge in [0.05, 0.1) is 5.01 Å². The van der Waals surface area contributed by atoms with Crippen LogP contribution in [0.5, 0.6) is 0 Å². The number of aryl methyl sites for hydroxylation is 2. The third-order valence-electron chi connectivity index (χ3n) is 2.33. The molecule has 4 heteroatoms. The van der Waals surface area contributed by atoms with Crippen molar-refractivity contribution in [3.63, 3.8) is 0 Å². The van der Waals surface area contributed by atoms with E-state index in [4.69, 9.17) is 5.73 Å². The Morgan fingerprint density at radius 1 is 1.53 bits per heavy atom. The molecule has 0 fully saturated rings. The number of nitrogens with zero attached hydrogens (tertiary/aromatic N) is 1. The molecule has 2 aromatic rings. The van der Waals surface area contributed by atoms with E-state index >= 15 is 0 Å². The molecule has 1 unspecified atom stereocenters. The molecule has 0 saturated carbocycles. The minimum atomic E-state index is 0.135. The number of thiophene rings is 1. The standard InChI is InChI=1S/C11H14N2S2/c1-8-13-6-11(15-8)10(12)3-2-9-4-5-14-7-9/h4-7,10H,2-3,12H2,1H3. The van der Waals surface area contributed by atoms with Crippen LogP contribution in [0.1, 0.15) is 27.9 Å². The molecule has 15 heavy (non-hydrogen) atoms. The van der Waals surface area contributed by atoms with Crippen molar-refractivity contribution in [1.29, 1.82) is 0 Å². The lowest BCUT2D eigenvalue weighted by Crippen LogP contribution is -2.09. The van der Waals surface area contributed by atoms with E-state index in [-0.39, 0.29) is 6.04 Å². The molecular formula is C11H14N2S2. The van der Waals surface area contributed by atoms with E-state index in [1.165, 1.54) is 10.4 Å². The van der Waals surface area contributed by atoms with Crippen molar-refractivity contribution in [2.24, 2.45) is 5.73 Å². The summed E-state index contributed by atoms with van der Waals surface area (Å²) in [7, 11) is 0. The van der Waals surface area contributed by atoms with Crippen LogP contribution in [0, 0.1) is 6.92 Å². The zero-order valence-corrected chi connectivity index (χ0v) is 10.3. The number of nitrogens with two attached hydrogens (primary N) is 1. The topological polar surface area (TPSA) is 38.9 Å². The SMILES string of the molecule is Cc1ncc(C(N)CCc2ccsc2)s1. The van der Waals surface area contributed by atoms with Crippen LogP contribution in [0.3, 0.4) is 0 Å². The fourth-order valence-corrected chi connectivity index (χ4v) is 2.97. The van der Waals surface area contributed by atoms with Gasteiger partial charge in [-0.1, -0.05) is 0 Å². The number of aromatic nitrogens is 1. The largest absolute Gasteiger partial charge is 0.323 e. The monoisotopic (exact) mass is 238 g/mol. The quantitative estimate of drug-likeness (QED) is 0.888. The molecule has 80 valence electrons. The maximum Gasteiger partial charge on any atom is 0.0897 e. The smallest absolute Gasteiger partial charge is 0.0897 e. The summed E-state index contributed by atoms with van der Waals surface area (Å²) < 4.78 is 0. The zero-order chi connectivity index (χ0) is 10.7. The molecule has 0 aromatic carbocycles. The predicted octanol–water partition coefficient (Wildman–Crippen LogP) is 3.15. The molecule has 2 heterocycles. The van der Waals surface area contributed by atoms with Crippen LogP contribution in [0.25, 0.3) is 0 Å². The summed E-state index contributed by atoms with van der Waals surface area (Å²) in [5, 5.41) is 5.39. The second kappa shape index (κ2) is 4.88. The van der Waals surface area contributed by atoms with Crippen molar-refractivity contribution < 1.29 is 0 Å². The van der Waals surface area contributed by atoms with Gasteiger partial charge in [-0.3, -0.25) is 0 Å². The van der Waals surface area contributed by atoms with Crippen LogP contribution in [0.15, 0.2) is 23.0 Å². The Morgan fingerprint density at radius 2 is 2.40 bits per heavy atom. The van der Waals surface area contributed by atoms with Crippen LogP contribution in [0.4, 0.5) is 0 Å². The number of hydrogen-bond acceptors (Lipinski definition) is 4. The minimum Gasteiger partial charge on any atom is -0.323 e. The van der Waals surface area contributed by atoms with Crippen molar-refractivity contribution in [2.75, 3.05) is 0 Å². The molecule has 2 aromatic heterocycles. The summed E-state index contributed by atoms with van der Waals surface area (Å²) in [4.78, 5) is 5.42. The first-order chi connectivity index (χ1) is 7.25. The summed E-state index contributed by atoms with van der Waals surface area (Å²) in [6.45, 7) is 2.01. The van der Waals surface area contributed by atoms with Crippen LogP contribution in [-0.2, 0) is 6.42 Å². The van der Waals surface area contributed by atoms with Gasteiger partial charge in [0.25, 0.3) is 0 Å². The average Bonchev–Trinajstić information content (AvgIpc) is 2.84. The third-order valence-corrected chi connectivity index (χ3v) is 4.11. The Hall–Kier alpha value is -0.710. The highest BCUT2D eigenvalue weighted by Gasteiger charge is 2.09. The predicted molar refractivity (Wildman–Crippen MR) is 66.4 cm³/mol. The molecule has 0 saturated heterocycles. The Kier molecular flexibility index (Phi) is 3.51. The molecule has 1 atom stereocenters. The molecule has 0 aliphatic heterocycles. The van der Waals surface area contributed by atoms with Gasteiger partial charge in [0.1, 0.15) is 0 Å². The summed E-state index contributed by atoms with van der Waals surface area (Å²) >= 11 is 3.44. The lowest BCUT2D eigenvalue weighted by molar-refractivity contribution is 0.661. The normalized spacial score (nSPS) is 12.9. The van der Waals surface area contributed by atoms with Gasteiger partial charge in [0, 0.05) is 17.1 Å². The Morgan fingerprint density at radius 3 is 3.00 bits per heavy atom. The summed E-state index contributed by atoms with van der Waals surface area (Å²) in [6, 6.07) is 2.30. The van der Waals surface area contributed by atoms with Crippen LogP contribution >= 0.6 is 22.7 Å². The summed E-state index contributed by atoms with van der Waals surface area (Å²) in [6.07, 6.45) is 3.96. The first-order valence-corrected chi connectivity index (χ1v) is 6.70. The summed E-state index contributed by atoms with van der Waals surface area (Å²) in [5.41, 5.74) is 7.48.